The van der Waals surface area contributed by atoms with Crippen LogP contribution in [0, 0.1) is 0 Å². The molecule has 3 heteroatoms. The van der Waals surface area contributed by atoms with Crippen LogP contribution in [0.3, 0.4) is 0 Å². The molecule has 2 nitrogen and oxygen atoms in total. The highest BCUT2D eigenvalue weighted by molar-refractivity contribution is 7.98. The van der Waals surface area contributed by atoms with Gasteiger partial charge in [0.15, 0.2) is 0 Å². The summed E-state index contributed by atoms with van der Waals surface area (Å²) in [7, 11) is 2.15. The zero-order valence-corrected chi connectivity index (χ0v) is 11.3. The molecule has 0 radical (unpaired) electrons. The van der Waals surface area contributed by atoms with Crippen LogP contribution in [0.2, 0.25) is 0 Å². The molecule has 0 amide bonds. The predicted octanol–water partition coefficient (Wildman–Crippen LogP) is 2.60. The number of hydrogen-bond acceptors (Lipinski definition) is 3. The second-order valence-corrected chi connectivity index (χ2v) is 4.85. The highest BCUT2D eigenvalue weighted by atomic mass is 32.2. The maximum Gasteiger partial charge on any atom is 0.0364 e. The van der Waals surface area contributed by atoms with Crippen molar-refractivity contribution in [3.8, 4) is 0 Å². The van der Waals surface area contributed by atoms with E-state index in [1.54, 1.807) is 0 Å². The first-order chi connectivity index (χ1) is 7.77. The minimum Gasteiger partial charge on any atom is -0.374 e. The lowest BCUT2D eigenvalue weighted by Gasteiger charge is -2.19. The van der Waals surface area contributed by atoms with E-state index in [0.29, 0.717) is 0 Å². The van der Waals surface area contributed by atoms with Crippen molar-refractivity contribution in [3.63, 3.8) is 0 Å². The summed E-state index contributed by atoms with van der Waals surface area (Å²) >= 11 is 1.89. The van der Waals surface area contributed by atoms with E-state index in [1.807, 2.05) is 11.8 Å². The third-order valence-electron chi connectivity index (χ3n) is 2.59. The standard InChI is InChI=1S/C13H22N2S/c1-4-14-11-12-5-7-13(8-6-12)15(2)9-10-16-3/h5-8,14H,4,9-11H2,1-3H3. The van der Waals surface area contributed by atoms with E-state index in [4.69, 9.17) is 0 Å². The second kappa shape index (κ2) is 7.58. The molecule has 0 bridgehead atoms. The summed E-state index contributed by atoms with van der Waals surface area (Å²) in [6.45, 7) is 5.22. The molecule has 0 fully saturated rings. The first kappa shape index (κ1) is 13.4. The third kappa shape index (κ3) is 4.45. The molecule has 90 valence electrons. The lowest BCUT2D eigenvalue weighted by Crippen LogP contribution is -2.20. The Kier molecular flexibility index (Phi) is 6.34. The molecule has 0 atom stereocenters. The molecular weight excluding hydrogens is 216 g/mol. The van der Waals surface area contributed by atoms with Crippen LogP contribution in [0.25, 0.3) is 0 Å². The molecule has 0 unspecified atom stereocenters. The van der Waals surface area contributed by atoms with Crippen molar-refractivity contribution in [2.45, 2.75) is 13.5 Å². The lowest BCUT2D eigenvalue weighted by atomic mass is 10.2. The van der Waals surface area contributed by atoms with Crippen LogP contribution >= 0.6 is 11.8 Å². The monoisotopic (exact) mass is 238 g/mol. The number of nitrogens with zero attached hydrogens (tertiary/aromatic N) is 1. The SMILES string of the molecule is CCNCc1ccc(N(C)CCSC)cc1. The lowest BCUT2D eigenvalue weighted by molar-refractivity contribution is 0.727. The Morgan fingerprint density at radius 3 is 2.50 bits per heavy atom. The third-order valence-corrected chi connectivity index (χ3v) is 3.18. The van der Waals surface area contributed by atoms with E-state index in [1.165, 1.54) is 17.0 Å². The van der Waals surface area contributed by atoms with Gasteiger partial charge in [-0.1, -0.05) is 19.1 Å². The summed E-state index contributed by atoms with van der Waals surface area (Å²) in [6.07, 6.45) is 2.15. The van der Waals surface area contributed by atoms with Crippen LogP contribution in [0.15, 0.2) is 24.3 Å². The molecule has 1 rings (SSSR count). The van der Waals surface area contributed by atoms with E-state index in [-0.39, 0.29) is 0 Å². The number of nitrogens with one attached hydrogen (secondary N) is 1. The van der Waals surface area contributed by atoms with E-state index >= 15 is 0 Å². The van der Waals surface area contributed by atoms with Gasteiger partial charge in [0.05, 0.1) is 0 Å². The van der Waals surface area contributed by atoms with Gasteiger partial charge in [0.25, 0.3) is 0 Å². The fourth-order valence-corrected chi connectivity index (χ4v) is 1.95. The van der Waals surface area contributed by atoms with Gasteiger partial charge in [-0.05, 0) is 30.5 Å². The largest absolute Gasteiger partial charge is 0.374 e. The Morgan fingerprint density at radius 2 is 1.94 bits per heavy atom. The Bertz CT molecular complexity index is 284. The molecule has 0 spiro atoms. The molecule has 0 aliphatic carbocycles. The number of benzene rings is 1. The molecule has 0 saturated heterocycles. The van der Waals surface area contributed by atoms with Gasteiger partial charge in [0.2, 0.25) is 0 Å². The number of thioether (sulfide) groups is 1. The van der Waals surface area contributed by atoms with Crippen LogP contribution in [0.5, 0.6) is 0 Å². The second-order valence-electron chi connectivity index (χ2n) is 3.86. The van der Waals surface area contributed by atoms with Gasteiger partial charge in [0, 0.05) is 31.6 Å². The van der Waals surface area contributed by atoms with Gasteiger partial charge >= 0.3 is 0 Å². The van der Waals surface area contributed by atoms with E-state index in [9.17, 15) is 0 Å². The average Bonchev–Trinajstić information content (AvgIpc) is 2.34. The van der Waals surface area contributed by atoms with Gasteiger partial charge in [-0.2, -0.15) is 11.8 Å². The fourth-order valence-electron chi connectivity index (χ4n) is 1.49. The molecular formula is C13H22N2S. The molecule has 0 heterocycles. The van der Waals surface area contributed by atoms with Crippen molar-refractivity contribution in [1.29, 1.82) is 0 Å². The number of rotatable bonds is 7. The Morgan fingerprint density at radius 1 is 1.25 bits per heavy atom. The maximum absolute atomic E-state index is 3.33. The minimum atomic E-state index is 0.964. The van der Waals surface area contributed by atoms with Crippen molar-refractivity contribution >= 4 is 17.4 Å². The molecule has 1 aromatic rings. The van der Waals surface area contributed by atoms with Crippen molar-refractivity contribution in [2.24, 2.45) is 0 Å². The van der Waals surface area contributed by atoms with E-state index < -0.39 is 0 Å². The first-order valence-electron chi connectivity index (χ1n) is 5.77. The minimum absolute atomic E-state index is 0.964. The zero-order valence-electron chi connectivity index (χ0n) is 10.5. The maximum atomic E-state index is 3.33. The molecule has 16 heavy (non-hydrogen) atoms. The highest BCUT2D eigenvalue weighted by Gasteiger charge is 1.99. The van der Waals surface area contributed by atoms with Crippen LogP contribution < -0.4 is 10.2 Å². The summed E-state index contributed by atoms with van der Waals surface area (Å²) < 4.78 is 0. The molecule has 0 saturated carbocycles. The van der Waals surface area contributed by atoms with Crippen molar-refractivity contribution in [2.75, 3.05) is 37.0 Å². The van der Waals surface area contributed by atoms with Crippen LogP contribution in [0.4, 0.5) is 5.69 Å². The summed E-state index contributed by atoms with van der Waals surface area (Å²) in [5.41, 5.74) is 2.65. The van der Waals surface area contributed by atoms with E-state index in [2.05, 4.69) is 54.7 Å². The Labute approximate surface area is 103 Å². The average molecular weight is 238 g/mol. The zero-order chi connectivity index (χ0) is 11.8. The predicted molar refractivity (Wildman–Crippen MR) is 75.5 cm³/mol. The summed E-state index contributed by atoms with van der Waals surface area (Å²) in [5.74, 6) is 1.18. The molecule has 0 aromatic heterocycles. The van der Waals surface area contributed by atoms with Gasteiger partial charge in [-0.25, -0.2) is 0 Å². The van der Waals surface area contributed by atoms with Crippen molar-refractivity contribution < 1.29 is 0 Å². The van der Waals surface area contributed by atoms with Gasteiger partial charge in [-0.15, -0.1) is 0 Å². The molecule has 1 N–H and O–H groups in total. The Hall–Kier alpha value is -0.670. The first-order valence-corrected chi connectivity index (χ1v) is 7.17. The number of hydrogen-bond donors (Lipinski definition) is 1. The quantitative estimate of drug-likeness (QED) is 0.786. The normalized spacial score (nSPS) is 10.4. The summed E-state index contributed by atoms with van der Waals surface area (Å²) in [4.78, 5) is 2.30. The van der Waals surface area contributed by atoms with Crippen LogP contribution in [-0.4, -0.2) is 32.1 Å². The highest BCUT2D eigenvalue weighted by Crippen LogP contribution is 2.14. The topological polar surface area (TPSA) is 15.3 Å². The van der Waals surface area contributed by atoms with Crippen molar-refractivity contribution in [3.05, 3.63) is 29.8 Å². The summed E-state index contributed by atoms with van der Waals surface area (Å²) in [6, 6.07) is 8.81. The van der Waals surface area contributed by atoms with Gasteiger partial charge in [-0.3, -0.25) is 0 Å². The molecule has 1 aromatic carbocycles. The summed E-state index contributed by atoms with van der Waals surface area (Å²) in [5, 5.41) is 3.33. The van der Waals surface area contributed by atoms with Gasteiger partial charge < -0.3 is 10.2 Å². The van der Waals surface area contributed by atoms with Crippen molar-refractivity contribution in [1.82, 2.24) is 5.32 Å². The molecule has 0 aliphatic rings. The Balaban J connectivity index is 2.49. The van der Waals surface area contributed by atoms with Crippen LogP contribution in [0.1, 0.15) is 12.5 Å². The number of anilines is 1. The smallest absolute Gasteiger partial charge is 0.0364 e. The van der Waals surface area contributed by atoms with Gasteiger partial charge in [0.1, 0.15) is 0 Å². The molecule has 0 aliphatic heterocycles. The van der Waals surface area contributed by atoms with Crippen LogP contribution in [-0.2, 0) is 6.54 Å². The van der Waals surface area contributed by atoms with E-state index in [0.717, 1.165) is 19.6 Å². The fraction of sp³-hybridized carbons (Fsp3) is 0.538.